The lowest BCUT2D eigenvalue weighted by Gasteiger charge is -2.32. The van der Waals surface area contributed by atoms with Crippen LogP contribution in [0.25, 0.3) is 61.0 Å². The summed E-state index contributed by atoms with van der Waals surface area (Å²) < 4.78 is 79.8. The minimum atomic E-state index is -3.27. The molecule has 10 aromatic carbocycles. The fraction of sp³-hybridized carbons (Fsp3) is 0.0845. The normalized spacial score (nSPS) is 15.1. The number of hydrogen-bond acceptors (Lipinski definition) is 4. The molecule has 0 fully saturated rings. The number of fused-ring (bicyclic) bond motifs is 8. The molecule has 4 heterocycles. The van der Waals surface area contributed by atoms with Gasteiger partial charge >= 0.3 is 0 Å². The van der Waals surface area contributed by atoms with Crippen LogP contribution in [0.4, 0.5) is 22.7 Å². The summed E-state index contributed by atoms with van der Waals surface area (Å²) >= 11 is 0. The highest BCUT2D eigenvalue weighted by Crippen LogP contribution is 2.51. The maximum atomic E-state index is 9.29. The largest absolute Gasteiger partial charge is 0.457 e. The monoisotopic (exact) mass is 1020 g/mol. The van der Waals surface area contributed by atoms with Crippen molar-refractivity contribution in [1.82, 2.24) is 9.55 Å². The molecular formula is C71H56N4OSi. The zero-order valence-electron chi connectivity index (χ0n) is 50.8. The van der Waals surface area contributed by atoms with Crippen LogP contribution in [0, 0.1) is 6.85 Å². The maximum Gasteiger partial charge on any atom is 0.185 e. The third-order valence-electron chi connectivity index (χ3n) is 15.5. The van der Waals surface area contributed by atoms with Crippen molar-refractivity contribution in [1.29, 1.82) is 0 Å². The summed E-state index contributed by atoms with van der Waals surface area (Å²) in [6.07, 6.45) is 1.57. The molecular weight excluding hydrogens is 953 g/mol. The first-order valence-corrected chi connectivity index (χ1v) is 28.1. The summed E-state index contributed by atoms with van der Waals surface area (Å²) in [4.78, 5) is 9.31. The third-order valence-corrected chi connectivity index (χ3v) is 20.4. The van der Waals surface area contributed by atoms with Gasteiger partial charge in [-0.2, -0.15) is 0 Å². The topological polar surface area (TPSA) is 33.5 Å². The van der Waals surface area contributed by atoms with E-state index in [2.05, 4.69) is 199 Å². The SMILES string of the molecule is [2H]c1c([2H])c([2H])c(-c2cccc(-c3cccc(C(C)(C)C)c3)c2N2CN(c3cccc(Oc4cc5c(c6c4[Si](c4ccccc4)(c4ccccc4)c4ccccc4-6)c4ccccc4n5-c4cc(C([2H])([2H])[2H])ccn4)c3)c3ccccc32)c([2H])c1[2H]. The molecule has 14 rings (SSSR count). The average Bonchev–Trinajstić information content (AvgIpc) is 1.78. The number of aromatic nitrogens is 2. The zero-order valence-corrected chi connectivity index (χ0v) is 43.8. The highest BCUT2D eigenvalue weighted by atomic mass is 28.3. The van der Waals surface area contributed by atoms with Gasteiger partial charge in [-0.05, 0) is 104 Å². The van der Waals surface area contributed by atoms with E-state index in [9.17, 15) is 2.74 Å². The smallest absolute Gasteiger partial charge is 0.185 e. The predicted molar refractivity (Wildman–Crippen MR) is 324 cm³/mol. The maximum absolute atomic E-state index is 9.29. The van der Waals surface area contributed by atoms with Crippen LogP contribution in [0.5, 0.6) is 11.5 Å². The second kappa shape index (κ2) is 18.3. The number of benzene rings is 10. The first-order chi connectivity index (χ1) is 41.0. The summed E-state index contributed by atoms with van der Waals surface area (Å²) in [6, 6.07) is 72.8. The lowest BCUT2D eigenvalue weighted by Crippen LogP contribution is -2.73. The number of hydrogen-bond donors (Lipinski definition) is 0. The molecule has 0 radical (unpaired) electrons. The number of anilines is 4. The Kier molecular flexibility index (Phi) is 9.09. The molecule has 0 atom stereocenters. The van der Waals surface area contributed by atoms with Crippen molar-refractivity contribution in [2.45, 2.75) is 33.0 Å². The highest BCUT2D eigenvalue weighted by molar-refractivity contribution is 7.22. The Hall–Kier alpha value is -9.23. The fourth-order valence-corrected chi connectivity index (χ4v) is 17.5. The van der Waals surface area contributed by atoms with Gasteiger partial charge in [0.1, 0.15) is 24.0 Å². The number of pyridine rings is 1. The van der Waals surface area contributed by atoms with Crippen molar-refractivity contribution in [2.75, 3.05) is 16.5 Å². The summed E-state index contributed by atoms with van der Waals surface area (Å²) in [5, 5.41) is 6.74. The Bertz CT molecular complexity index is 4610. The number of aryl methyl sites for hydroxylation is 1. The number of ether oxygens (including phenoxy) is 1. The van der Waals surface area contributed by atoms with Gasteiger partial charge in [-0.15, -0.1) is 0 Å². The van der Waals surface area contributed by atoms with Crippen molar-refractivity contribution in [3.8, 4) is 50.7 Å². The van der Waals surface area contributed by atoms with E-state index in [1.54, 1.807) is 18.3 Å². The van der Waals surface area contributed by atoms with E-state index in [1.807, 2.05) is 42.5 Å². The Balaban J connectivity index is 0.987. The van der Waals surface area contributed by atoms with Crippen LogP contribution >= 0.6 is 0 Å². The standard InChI is InChI=1S/C71H56N4OSi/c1-48-41-42-72-66(43-48)75-60-37-16-14-33-58(60)67-63(75)46-64(70-68(67)59-34-15-19-40-65(59)77(70,54-29-10-6-11-30-54)55-31-12-7-13-32-55)76-53-28-21-27-52(45-53)73-47-74(62-39-18-17-38-61(62)73)69-56(49-23-8-5-9-24-49)35-22-36-57(69)50-25-20-26-51(44-50)71(2,3)4/h5-46H,47H2,1-4H3/i1D3,5D,8D,9D,23D,24D. The van der Waals surface area contributed by atoms with Gasteiger partial charge in [0.05, 0.1) is 34.9 Å². The Morgan fingerprint density at radius 2 is 1.23 bits per heavy atom. The second-order valence-electron chi connectivity index (χ2n) is 20.9. The van der Waals surface area contributed by atoms with Crippen LogP contribution in [0.15, 0.2) is 255 Å². The fourth-order valence-electron chi connectivity index (χ4n) is 12.2. The number of rotatable bonds is 9. The minimum Gasteiger partial charge on any atom is -0.457 e. The molecule has 12 aromatic rings. The van der Waals surface area contributed by atoms with E-state index in [0.29, 0.717) is 35.2 Å². The Morgan fingerprint density at radius 3 is 2.00 bits per heavy atom. The second-order valence-corrected chi connectivity index (χ2v) is 24.6. The molecule has 6 heteroatoms. The van der Waals surface area contributed by atoms with Crippen LogP contribution in [0.2, 0.25) is 0 Å². The number of nitrogens with zero attached hydrogens (tertiary/aromatic N) is 4. The van der Waals surface area contributed by atoms with Crippen LogP contribution in [-0.4, -0.2) is 24.3 Å². The average molecular weight is 1020 g/mol. The van der Waals surface area contributed by atoms with E-state index < -0.39 is 33.1 Å². The van der Waals surface area contributed by atoms with Crippen LogP contribution in [0.3, 0.4) is 0 Å². The van der Waals surface area contributed by atoms with Gasteiger partial charge in [-0.3, -0.25) is 4.57 Å². The van der Waals surface area contributed by atoms with Gasteiger partial charge in [0.2, 0.25) is 0 Å². The molecule has 0 saturated carbocycles. The molecule has 0 amide bonds. The molecule has 2 aliphatic rings. The molecule has 2 aliphatic heterocycles. The van der Waals surface area contributed by atoms with Crippen molar-refractivity contribution >= 4 is 73.4 Å². The zero-order chi connectivity index (χ0) is 58.7. The van der Waals surface area contributed by atoms with E-state index >= 15 is 0 Å². The lowest BCUT2D eigenvalue weighted by atomic mass is 9.85. The third kappa shape index (κ3) is 7.46. The number of para-hydroxylation sites is 4. The van der Waals surface area contributed by atoms with Gasteiger partial charge in [0.25, 0.3) is 0 Å². The van der Waals surface area contributed by atoms with E-state index in [4.69, 9.17) is 17.9 Å². The van der Waals surface area contributed by atoms with Gasteiger partial charge in [-0.25, -0.2) is 4.98 Å². The summed E-state index contributed by atoms with van der Waals surface area (Å²) in [5.41, 5.74) is 10.7. The molecule has 2 aromatic heterocycles. The van der Waals surface area contributed by atoms with Gasteiger partial charge < -0.3 is 14.5 Å². The van der Waals surface area contributed by atoms with Gasteiger partial charge in [0, 0.05) is 55.2 Å². The van der Waals surface area contributed by atoms with Crippen LogP contribution in [-0.2, 0) is 5.41 Å². The molecule has 0 bridgehead atoms. The molecule has 370 valence electrons. The van der Waals surface area contributed by atoms with Crippen molar-refractivity contribution < 1.29 is 15.7 Å². The van der Waals surface area contributed by atoms with Crippen LogP contribution in [0.1, 0.15) is 42.9 Å². The van der Waals surface area contributed by atoms with Crippen molar-refractivity contribution in [3.63, 3.8) is 0 Å². The lowest BCUT2D eigenvalue weighted by molar-refractivity contribution is 0.487. The first-order valence-electron chi connectivity index (χ1n) is 30.1. The Morgan fingerprint density at radius 1 is 0.571 bits per heavy atom. The summed E-state index contributed by atoms with van der Waals surface area (Å²) in [5.74, 6) is 1.72. The molecule has 0 N–H and O–H groups in total. The van der Waals surface area contributed by atoms with Gasteiger partial charge in [0.15, 0.2) is 8.07 Å². The van der Waals surface area contributed by atoms with E-state index in [0.717, 1.165) is 71.9 Å². The highest BCUT2D eigenvalue weighted by Gasteiger charge is 2.52. The van der Waals surface area contributed by atoms with E-state index in [-0.39, 0.29) is 28.6 Å². The predicted octanol–water partition coefficient (Wildman–Crippen LogP) is 15.5. The van der Waals surface area contributed by atoms with E-state index in [1.165, 1.54) is 15.6 Å². The van der Waals surface area contributed by atoms with Gasteiger partial charge in [-0.1, -0.05) is 215 Å². The molecule has 0 aliphatic carbocycles. The summed E-state index contributed by atoms with van der Waals surface area (Å²) in [7, 11) is -3.27. The molecule has 0 spiro atoms. The van der Waals surface area contributed by atoms with Crippen molar-refractivity contribution in [3.05, 3.63) is 266 Å². The van der Waals surface area contributed by atoms with Crippen molar-refractivity contribution in [2.24, 2.45) is 0 Å². The molecule has 0 saturated heterocycles. The van der Waals surface area contributed by atoms with Crippen LogP contribution < -0.4 is 35.3 Å². The molecule has 0 unspecified atom stereocenters. The quantitative estimate of drug-likeness (QED) is 0.135. The first kappa shape index (κ1) is 38.3. The minimum absolute atomic E-state index is 0.123. The summed E-state index contributed by atoms with van der Waals surface area (Å²) in [6.45, 7) is 4.46. The molecule has 77 heavy (non-hydrogen) atoms. The molecule has 5 nitrogen and oxygen atoms in total. The Labute approximate surface area is 462 Å².